The van der Waals surface area contributed by atoms with Crippen molar-refractivity contribution < 1.29 is 32.9 Å². The summed E-state index contributed by atoms with van der Waals surface area (Å²) in [6, 6.07) is 17.0. The molecule has 23 heteroatoms. The molecule has 4 aliphatic rings. The molecule has 0 spiro atoms. The average Bonchev–Trinajstić information content (AvgIpc) is 4.28. The topological polar surface area (TPSA) is 274 Å². The van der Waals surface area contributed by atoms with Crippen molar-refractivity contribution in [3.05, 3.63) is 131 Å². The minimum atomic E-state index is -0.309. The number of hydrogen-bond donors (Lipinski definition) is 3. The number of ether oxygens (including phenoxy) is 2. The minimum absolute atomic E-state index is 0.0485. The average molecular weight is 1100 g/mol. The van der Waals surface area contributed by atoms with E-state index in [2.05, 4.69) is 107 Å². The Morgan fingerprint density at radius 2 is 1.17 bits per heavy atom. The predicted octanol–water partition coefficient (Wildman–Crippen LogP) is 8.00. The summed E-state index contributed by atoms with van der Waals surface area (Å²) in [6.45, 7) is 17.3. The molecular weight excluding hydrogens is 1030 g/mol. The van der Waals surface area contributed by atoms with Crippen LogP contribution in [0.15, 0.2) is 94.8 Å². The van der Waals surface area contributed by atoms with Crippen LogP contribution in [0, 0.1) is 0 Å². The molecule has 12 rings (SSSR count). The molecule has 2 atom stereocenters. The molecule has 0 radical (unpaired) electrons. The van der Waals surface area contributed by atoms with Gasteiger partial charge in [0.05, 0.1) is 54.4 Å². The Bertz CT molecular complexity index is 3510. The van der Waals surface area contributed by atoms with E-state index in [1.807, 2.05) is 80.2 Å². The third-order valence-electron chi connectivity index (χ3n) is 14.3. The van der Waals surface area contributed by atoms with Crippen molar-refractivity contribution in [1.82, 2.24) is 70.0 Å². The van der Waals surface area contributed by atoms with Crippen LogP contribution in [0.25, 0.3) is 22.5 Å². The van der Waals surface area contributed by atoms with E-state index in [9.17, 15) is 14.4 Å². The maximum absolute atomic E-state index is 13.3. The first-order valence-corrected chi connectivity index (χ1v) is 27.2. The number of hydrogen-bond acceptors (Lipinski definition) is 21. The van der Waals surface area contributed by atoms with Crippen LogP contribution >= 0.6 is 0 Å². The molecule has 0 saturated carbocycles. The lowest BCUT2D eigenvalue weighted by Gasteiger charge is -2.36. The molecule has 0 bridgehead atoms. The lowest BCUT2D eigenvalue weighted by molar-refractivity contribution is -0.140. The number of ketones is 3. The highest BCUT2D eigenvalue weighted by atomic mass is 16.5. The van der Waals surface area contributed by atoms with Gasteiger partial charge >= 0.3 is 0 Å². The number of aryl methyl sites for hydroxylation is 2. The first kappa shape index (κ1) is 56.0. The number of fused-ring (bicyclic) bond motifs is 2. The van der Waals surface area contributed by atoms with Crippen molar-refractivity contribution >= 4 is 40.6 Å². The summed E-state index contributed by atoms with van der Waals surface area (Å²) in [7, 11) is 3.72. The van der Waals surface area contributed by atoms with Crippen molar-refractivity contribution in [2.24, 2.45) is 14.1 Å². The normalized spacial score (nSPS) is 17.4. The molecule has 2 saturated heterocycles. The Morgan fingerprint density at radius 3 is 1.62 bits per heavy atom. The monoisotopic (exact) mass is 1100 g/mol. The summed E-state index contributed by atoms with van der Waals surface area (Å²) in [4.78, 5) is 65.5. The van der Waals surface area contributed by atoms with Crippen LogP contribution in [0.3, 0.4) is 0 Å². The zero-order valence-corrected chi connectivity index (χ0v) is 47.0. The molecule has 0 aliphatic carbocycles. The Hall–Kier alpha value is -8.25. The molecule has 81 heavy (non-hydrogen) atoms. The molecular formula is C58H68N16O7. The van der Waals surface area contributed by atoms with E-state index < -0.39 is 0 Å². The van der Waals surface area contributed by atoms with Gasteiger partial charge in [0.1, 0.15) is 13.2 Å². The molecule has 23 nitrogen and oxygen atoms in total. The van der Waals surface area contributed by atoms with Gasteiger partial charge in [0.15, 0.2) is 5.78 Å². The fourth-order valence-electron chi connectivity index (χ4n) is 9.70. The van der Waals surface area contributed by atoms with Crippen molar-refractivity contribution in [1.29, 1.82) is 0 Å². The van der Waals surface area contributed by atoms with E-state index in [0.29, 0.717) is 55.8 Å². The van der Waals surface area contributed by atoms with Crippen molar-refractivity contribution in [2.75, 3.05) is 50.2 Å². The molecule has 2 aromatic carbocycles. The van der Waals surface area contributed by atoms with Crippen LogP contribution in [-0.4, -0.2) is 128 Å². The van der Waals surface area contributed by atoms with Crippen molar-refractivity contribution in [3.63, 3.8) is 0 Å². The standard InChI is InChI=1S/C29H34N8O3.C26H30N8O2.C3H4O2/c1-29(2,3)27-34-26(35-40-27)25(38)12-18-8-10-37(22-16-39-17-22)14-20-11-19(5-6-23(18)20)24-7-9-30-28(33-24)32-21-13-31-36(4)15-21;1-26(2,3)24-32-23(33-36-24)22(35)12-16-7-9-27-13-18-11-17(5-6-20(16)18)21-8-10-28-25(31-21)30-19-14-29-34(4)15-19;4-3-1-5-2-3/h5-7,9,11,13,15,18,22H,8,10,12,14,16-17H2,1-4H3,(H,30,32,33);5-6,8,10-11,14-16,27H,7,9,12-13H2,1-4H3,(H,28,30,31);1-2H2. The third-order valence-corrected chi connectivity index (χ3v) is 14.3. The van der Waals surface area contributed by atoms with Crippen LogP contribution in [0.4, 0.5) is 23.3 Å². The molecule has 2 unspecified atom stereocenters. The number of carbonyl (C=O) groups is 3. The molecule has 2 fully saturated rings. The first-order valence-electron chi connectivity index (χ1n) is 27.2. The van der Waals surface area contributed by atoms with Gasteiger partial charge < -0.3 is 34.5 Å². The number of aromatic nitrogens is 12. The molecule has 422 valence electrons. The van der Waals surface area contributed by atoms with Crippen LogP contribution < -0.4 is 16.0 Å². The SMILES string of the molecule is Cn1cc(Nc2nccc(-c3ccc4c(c3)CN(C3COC3)CCC4CC(=O)c3noc(C(C)(C)C)n3)n2)cn1.Cn1cc(Nc2nccc(-c3ccc4c(c3)CNCCC4CC(=O)c3noc(C(C)(C)C)n3)n2)cn1.O=C1COC1. The van der Waals surface area contributed by atoms with Gasteiger partial charge in [0.2, 0.25) is 46.9 Å². The minimum Gasteiger partial charge on any atom is -0.378 e. The largest absolute Gasteiger partial charge is 0.378 e. The number of nitrogens with one attached hydrogen (secondary N) is 3. The van der Waals surface area contributed by atoms with Gasteiger partial charge in [-0.15, -0.1) is 0 Å². The highest BCUT2D eigenvalue weighted by Crippen LogP contribution is 2.37. The Morgan fingerprint density at radius 1 is 0.667 bits per heavy atom. The van der Waals surface area contributed by atoms with Gasteiger partial charge in [-0.25, -0.2) is 19.9 Å². The second kappa shape index (κ2) is 24.2. The van der Waals surface area contributed by atoms with Crippen LogP contribution in [0.2, 0.25) is 0 Å². The Kier molecular flexibility index (Phi) is 16.8. The highest BCUT2D eigenvalue weighted by Gasteiger charge is 2.34. The third kappa shape index (κ3) is 14.0. The maximum atomic E-state index is 13.3. The predicted molar refractivity (Wildman–Crippen MR) is 299 cm³/mol. The zero-order valence-electron chi connectivity index (χ0n) is 47.0. The fraction of sp³-hybridized carbons (Fsp3) is 0.431. The summed E-state index contributed by atoms with van der Waals surface area (Å²) in [5, 5.41) is 26.2. The van der Waals surface area contributed by atoms with Crippen molar-refractivity contribution in [2.45, 2.75) is 109 Å². The molecule has 3 N–H and O–H groups in total. The number of benzene rings is 2. The zero-order chi connectivity index (χ0) is 56.8. The lowest BCUT2D eigenvalue weighted by atomic mass is 9.87. The second-order valence-electron chi connectivity index (χ2n) is 22.9. The highest BCUT2D eigenvalue weighted by molar-refractivity contribution is 5.93. The lowest BCUT2D eigenvalue weighted by Crippen LogP contribution is -2.48. The number of rotatable bonds is 13. The van der Waals surface area contributed by atoms with Gasteiger partial charge in [-0.2, -0.15) is 20.2 Å². The number of carbonyl (C=O) groups excluding carboxylic acids is 3. The van der Waals surface area contributed by atoms with E-state index in [-0.39, 0.29) is 51.7 Å². The van der Waals surface area contributed by atoms with Crippen LogP contribution in [-0.2, 0) is 52.3 Å². The summed E-state index contributed by atoms with van der Waals surface area (Å²) >= 11 is 0. The summed E-state index contributed by atoms with van der Waals surface area (Å²) in [5.41, 5.74) is 9.38. The van der Waals surface area contributed by atoms with E-state index >= 15 is 0 Å². The molecule has 6 aromatic heterocycles. The number of nitrogens with zero attached hydrogens (tertiary/aromatic N) is 13. The van der Waals surface area contributed by atoms with E-state index in [1.165, 1.54) is 16.7 Å². The van der Waals surface area contributed by atoms with E-state index in [4.69, 9.17) is 18.8 Å². The number of anilines is 4. The van der Waals surface area contributed by atoms with Crippen molar-refractivity contribution in [3.8, 4) is 22.5 Å². The quantitative estimate of drug-likeness (QED) is 0.0922. The summed E-state index contributed by atoms with van der Waals surface area (Å²) in [5.74, 6) is 2.41. The van der Waals surface area contributed by atoms with Gasteiger partial charge in [-0.1, -0.05) is 76.1 Å². The molecule has 0 amide bonds. The molecule has 4 aliphatic heterocycles. The first-order chi connectivity index (χ1) is 38.9. The van der Waals surface area contributed by atoms with Gasteiger partial charge in [-0.05, 0) is 84.3 Å². The van der Waals surface area contributed by atoms with Crippen LogP contribution in [0.1, 0.15) is 134 Å². The van der Waals surface area contributed by atoms with Gasteiger partial charge in [0.25, 0.3) is 0 Å². The van der Waals surface area contributed by atoms with E-state index in [1.54, 1.807) is 34.2 Å². The summed E-state index contributed by atoms with van der Waals surface area (Å²) in [6.07, 6.45) is 13.1. The number of Topliss-reactive ketones (excluding diaryl/α,β-unsaturated/α-hetero) is 3. The second-order valence-corrected chi connectivity index (χ2v) is 22.9. The summed E-state index contributed by atoms with van der Waals surface area (Å²) < 4.78 is 24.1. The fourth-order valence-corrected chi connectivity index (χ4v) is 9.70. The smallest absolute Gasteiger partial charge is 0.238 e. The maximum Gasteiger partial charge on any atom is 0.238 e. The van der Waals surface area contributed by atoms with Gasteiger partial charge in [0, 0.05) is 86.8 Å². The van der Waals surface area contributed by atoms with Gasteiger partial charge in [-0.3, -0.25) is 28.6 Å². The molecule has 10 heterocycles. The Balaban J connectivity index is 0.000000168. The van der Waals surface area contributed by atoms with E-state index in [0.717, 1.165) is 91.7 Å². The molecule has 8 aromatic rings. The van der Waals surface area contributed by atoms with Crippen LogP contribution in [0.5, 0.6) is 0 Å². The Labute approximate surface area is 469 Å².